The Balaban J connectivity index is 2.23. The number of hydrogen-bond donors (Lipinski definition) is 3. The highest BCUT2D eigenvalue weighted by atomic mass is 16.2. The SMILES string of the molecule is CNC(=O)C1CCC(CNC(C)C)N1. The zero-order valence-electron chi connectivity index (χ0n) is 9.26. The first-order chi connectivity index (χ1) is 6.63. The van der Waals surface area contributed by atoms with Crippen molar-refractivity contribution >= 4 is 5.91 Å². The number of hydrogen-bond acceptors (Lipinski definition) is 3. The van der Waals surface area contributed by atoms with Crippen molar-refractivity contribution in [3.63, 3.8) is 0 Å². The molecule has 1 amide bonds. The third-order valence-corrected chi connectivity index (χ3v) is 2.58. The lowest BCUT2D eigenvalue weighted by Crippen LogP contribution is -2.45. The molecule has 1 aliphatic rings. The smallest absolute Gasteiger partial charge is 0.236 e. The van der Waals surface area contributed by atoms with Gasteiger partial charge in [0.2, 0.25) is 5.91 Å². The van der Waals surface area contributed by atoms with Gasteiger partial charge in [-0.1, -0.05) is 13.8 Å². The van der Waals surface area contributed by atoms with Crippen LogP contribution in [-0.4, -0.2) is 37.6 Å². The van der Waals surface area contributed by atoms with E-state index in [1.54, 1.807) is 7.05 Å². The maximum Gasteiger partial charge on any atom is 0.236 e. The van der Waals surface area contributed by atoms with Crippen LogP contribution >= 0.6 is 0 Å². The Morgan fingerprint density at radius 1 is 1.50 bits per heavy atom. The van der Waals surface area contributed by atoms with Crippen LogP contribution in [0.2, 0.25) is 0 Å². The summed E-state index contributed by atoms with van der Waals surface area (Å²) in [4.78, 5) is 11.3. The van der Waals surface area contributed by atoms with E-state index in [4.69, 9.17) is 0 Å². The molecule has 3 N–H and O–H groups in total. The molecule has 0 aliphatic carbocycles. The van der Waals surface area contributed by atoms with Crippen LogP contribution in [-0.2, 0) is 4.79 Å². The highest BCUT2D eigenvalue weighted by Crippen LogP contribution is 2.11. The van der Waals surface area contributed by atoms with E-state index >= 15 is 0 Å². The van der Waals surface area contributed by atoms with Crippen LogP contribution < -0.4 is 16.0 Å². The summed E-state index contributed by atoms with van der Waals surface area (Å²) in [5, 5.41) is 9.36. The van der Waals surface area contributed by atoms with E-state index in [9.17, 15) is 4.79 Å². The van der Waals surface area contributed by atoms with Crippen molar-refractivity contribution in [1.82, 2.24) is 16.0 Å². The third kappa shape index (κ3) is 3.27. The van der Waals surface area contributed by atoms with Gasteiger partial charge < -0.3 is 16.0 Å². The molecule has 1 rings (SSSR count). The molecular weight excluding hydrogens is 178 g/mol. The molecule has 2 unspecified atom stereocenters. The molecule has 4 heteroatoms. The van der Waals surface area contributed by atoms with Gasteiger partial charge in [-0.2, -0.15) is 0 Å². The van der Waals surface area contributed by atoms with Crippen LogP contribution in [0.15, 0.2) is 0 Å². The molecule has 2 atom stereocenters. The monoisotopic (exact) mass is 199 g/mol. The summed E-state index contributed by atoms with van der Waals surface area (Å²) in [5.41, 5.74) is 0. The lowest BCUT2D eigenvalue weighted by atomic mass is 10.2. The molecule has 0 aromatic rings. The molecule has 82 valence electrons. The van der Waals surface area contributed by atoms with E-state index in [1.165, 1.54) is 0 Å². The highest BCUT2D eigenvalue weighted by Gasteiger charge is 2.27. The Bertz CT molecular complexity index is 194. The molecule has 1 fully saturated rings. The van der Waals surface area contributed by atoms with Crippen molar-refractivity contribution in [1.29, 1.82) is 0 Å². The maximum absolute atomic E-state index is 11.3. The Labute approximate surface area is 85.8 Å². The Kier molecular flexibility index (Phi) is 4.35. The molecular formula is C10H21N3O. The minimum atomic E-state index is 0.0129. The number of carbonyl (C=O) groups excluding carboxylic acids is 1. The topological polar surface area (TPSA) is 53.2 Å². The summed E-state index contributed by atoms with van der Waals surface area (Å²) in [7, 11) is 1.68. The van der Waals surface area contributed by atoms with Crippen LogP contribution in [0.1, 0.15) is 26.7 Å². The molecule has 0 spiro atoms. The first kappa shape index (κ1) is 11.5. The van der Waals surface area contributed by atoms with Gasteiger partial charge in [-0.15, -0.1) is 0 Å². The lowest BCUT2D eigenvalue weighted by molar-refractivity contribution is -0.122. The summed E-state index contributed by atoms with van der Waals surface area (Å²) in [6.07, 6.45) is 2.03. The summed E-state index contributed by atoms with van der Waals surface area (Å²) in [6, 6.07) is 0.967. The van der Waals surface area contributed by atoms with Crippen LogP contribution in [0.3, 0.4) is 0 Å². The second kappa shape index (κ2) is 5.32. The molecule has 1 aliphatic heterocycles. The zero-order valence-corrected chi connectivity index (χ0v) is 9.26. The number of likely N-dealkylation sites (N-methyl/N-ethyl adjacent to an activating group) is 1. The van der Waals surface area contributed by atoms with Gasteiger partial charge in [0.15, 0.2) is 0 Å². The van der Waals surface area contributed by atoms with Crippen LogP contribution in [0.25, 0.3) is 0 Å². The van der Waals surface area contributed by atoms with Crippen molar-refractivity contribution in [2.45, 2.75) is 44.8 Å². The highest BCUT2D eigenvalue weighted by molar-refractivity contribution is 5.81. The fraction of sp³-hybridized carbons (Fsp3) is 0.900. The molecule has 0 bridgehead atoms. The molecule has 1 saturated heterocycles. The fourth-order valence-corrected chi connectivity index (χ4v) is 1.74. The predicted octanol–water partition coefficient (Wildman–Crippen LogP) is -0.149. The average molecular weight is 199 g/mol. The Morgan fingerprint density at radius 2 is 2.21 bits per heavy atom. The van der Waals surface area contributed by atoms with Crippen LogP contribution in [0, 0.1) is 0 Å². The van der Waals surface area contributed by atoms with E-state index in [1.807, 2.05) is 0 Å². The number of carbonyl (C=O) groups is 1. The largest absolute Gasteiger partial charge is 0.358 e. The molecule has 0 saturated carbocycles. The minimum absolute atomic E-state index is 0.0129. The van der Waals surface area contributed by atoms with Gasteiger partial charge in [0.25, 0.3) is 0 Å². The number of nitrogens with one attached hydrogen (secondary N) is 3. The van der Waals surface area contributed by atoms with Gasteiger partial charge in [-0.3, -0.25) is 4.79 Å². The van der Waals surface area contributed by atoms with Crippen molar-refractivity contribution in [2.75, 3.05) is 13.6 Å². The molecule has 1 heterocycles. The van der Waals surface area contributed by atoms with Gasteiger partial charge in [0.1, 0.15) is 0 Å². The summed E-state index contributed by atoms with van der Waals surface area (Å²) in [5.74, 6) is 0.108. The van der Waals surface area contributed by atoms with Crippen molar-refractivity contribution in [2.24, 2.45) is 0 Å². The van der Waals surface area contributed by atoms with Gasteiger partial charge in [0.05, 0.1) is 6.04 Å². The maximum atomic E-state index is 11.3. The van der Waals surface area contributed by atoms with Gasteiger partial charge in [-0.25, -0.2) is 0 Å². The molecule has 14 heavy (non-hydrogen) atoms. The van der Waals surface area contributed by atoms with Crippen LogP contribution in [0.4, 0.5) is 0 Å². The summed E-state index contributed by atoms with van der Waals surface area (Å²) < 4.78 is 0. The van der Waals surface area contributed by atoms with E-state index in [0.29, 0.717) is 12.1 Å². The molecule has 4 nitrogen and oxygen atoms in total. The quantitative estimate of drug-likeness (QED) is 0.590. The Hall–Kier alpha value is -0.610. The fourth-order valence-electron chi connectivity index (χ4n) is 1.74. The second-order valence-electron chi connectivity index (χ2n) is 4.17. The Morgan fingerprint density at radius 3 is 2.79 bits per heavy atom. The molecule has 0 aromatic carbocycles. The number of rotatable bonds is 4. The predicted molar refractivity (Wildman–Crippen MR) is 57.2 cm³/mol. The normalized spacial score (nSPS) is 26.9. The van der Waals surface area contributed by atoms with Crippen molar-refractivity contribution in [3.8, 4) is 0 Å². The van der Waals surface area contributed by atoms with Gasteiger partial charge in [-0.05, 0) is 12.8 Å². The summed E-state index contributed by atoms with van der Waals surface area (Å²) >= 11 is 0. The first-order valence-electron chi connectivity index (χ1n) is 5.34. The second-order valence-corrected chi connectivity index (χ2v) is 4.17. The van der Waals surface area contributed by atoms with Crippen LogP contribution in [0.5, 0.6) is 0 Å². The van der Waals surface area contributed by atoms with E-state index in [2.05, 4.69) is 29.8 Å². The zero-order chi connectivity index (χ0) is 10.6. The van der Waals surface area contributed by atoms with E-state index in [-0.39, 0.29) is 11.9 Å². The summed E-state index contributed by atoms with van der Waals surface area (Å²) in [6.45, 7) is 5.21. The average Bonchev–Trinajstić information content (AvgIpc) is 2.62. The molecule has 0 radical (unpaired) electrons. The van der Waals surface area contributed by atoms with E-state index < -0.39 is 0 Å². The third-order valence-electron chi connectivity index (χ3n) is 2.58. The standard InChI is InChI=1S/C10H21N3O/c1-7(2)12-6-8-4-5-9(13-8)10(14)11-3/h7-9,12-13H,4-6H2,1-3H3,(H,11,14). The van der Waals surface area contributed by atoms with E-state index in [0.717, 1.165) is 19.4 Å². The first-order valence-corrected chi connectivity index (χ1v) is 5.34. The lowest BCUT2D eigenvalue weighted by Gasteiger charge is -2.15. The van der Waals surface area contributed by atoms with Gasteiger partial charge in [0, 0.05) is 25.7 Å². The van der Waals surface area contributed by atoms with Crippen molar-refractivity contribution < 1.29 is 4.79 Å². The molecule has 0 aromatic heterocycles. The van der Waals surface area contributed by atoms with Gasteiger partial charge >= 0.3 is 0 Å². The minimum Gasteiger partial charge on any atom is -0.358 e. The number of amides is 1. The van der Waals surface area contributed by atoms with Crippen molar-refractivity contribution in [3.05, 3.63) is 0 Å².